The van der Waals surface area contributed by atoms with Gasteiger partial charge in [0.05, 0.1) is 24.9 Å². The van der Waals surface area contributed by atoms with E-state index in [-0.39, 0.29) is 6.04 Å². The van der Waals surface area contributed by atoms with Crippen LogP contribution in [0.1, 0.15) is 50.1 Å². The number of aliphatic hydroxyl groups excluding tert-OH is 1. The second kappa shape index (κ2) is 7.94. The molecule has 2 unspecified atom stereocenters. The average Bonchev–Trinajstić information content (AvgIpc) is 2.98. The molecule has 0 saturated heterocycles. The van der Waals surface area contributed by atoms with Gasteiger partial charge in [-0.25, -0.2) is 4.98 Å². The molecule has 19 heavy (non-hydrogen) atoms. The molecule has 0 bridgehead atoms. The second-order valence-electron chi connectivity index (χ2n) is 5.25. The van der Waals surface area contributed by atoms with E-state index in [1.807, 2.05) is 5.38 Å². The number of aliphatic hydroxyl groups is 1. The van der Waals surface area contributed by atoms with Crippen molar-refractivity contribution >= 4 is 11.3 Å². The van der Waals surface area contributed by atoms with Crippen LogP contribution >= 0.6 is 11.3 Å². The summed E-state index contributed by atoms with van der Waals surface area (Å²) in [6.45, 7) is 3.04. The summed E-state index contributed by atoms with van der Waals surface area (Å²) in [4.78, 5) is 4.26. The Labute approximate surface area is 119 Å². The molecule has 1 heterocycles. The van der Waals surface area contributed by atoms with Crippen molar-refractivity contribution in [2.75, 3.05) is 13.2 Å². The standard InChI is InChI=1S/C14H24N2O2S/c1-11(14-15-7-8-19-14)16-9-12(17)10-18-13-5-3-2-4-6-13/h7-8,11-13,16-17H,2-6,9-10H2,1H3. The molecule has 1 aliphatic carbocycles. The van der Waals surface area contributed by atoms with Gasteiger partial charge in [0.25, 0.3) is 0 Å². The molecule has 0 spiro atoms. The molecule has 2 N–H and O–H groups in total. The summed E-state index contributed by atoms with van der Waals surface area (Å²) in [6, 6.07) is 0.185. The molecular formula is C14H24N2O2S. The third kappa shape index (κ3) is 5.18. The lowest BCUT2D eigenvalue weighted by molar-refractivity contribution is -0.0235. The topological polar surface area (TPSA) is 54.4 Å². The Morgan fingerprint density at radius 3 is 2.95 bits per heavy atom. The Balaban J connectivity index is 1.60. The van der Waals surface area contributed by atoms with Gasteiger partial charge in [0.2, 0.25) is 0 Å². The van der Waals surface area contributed by atoms with Crippen LogP contribution in [0.2, 0.25) is 0 Å². The Bertz CT molecular complexity index is 339. The van der Waals surface area contributed by atoms with Gasteiger partial charge < -0.3 is 15.2 Å². The lowest BCUT2D eigenvalue weighted by atomic mass is 9.98. The van der Waals surface area contributed by atoms with Crippen LogP contribution in [0.3, 0.4) is 0 Å². The van der Waals surface area contributed by atoms with Crippen molar-refractivity contribution in [1.29, 1.82) is 0 Å². The minimum Gasteiger partial charge on any atom is -0.389 e. The zero-order valence-corrected chi connectivity index (χ0v) is 12.4. The van der Waals surface area contributed by atoms with Gasteiger partial charge in [-0.05, 0) is 19.8 Å². The number of aromatic nitrogens is 1. The zero-order valence-electron chi connectivity index (χ0n) is 11.5. The molecule has 0 aliphatic heterocycles. The Hall–Kier alpha value is -0.490. The van der Waals surface area contributed by atoms with Crippen LogP contribution in [-0.4, -0.2) is 35.5 Å². The number of rotatable bonds is 7. The van der Waals surface area contributed by atoms with Gasteiger partial charge in [-0.3, -0.25) is 0 Å². The molecule has 5 heteroatoms. The highest BCUT2D eigenvalue weighted by Crippen LogP contribution is 2.20. The molecule has 0 amide bonds. The molecule has 1 aromatic heterocycles. The third-order valence-electron chi connectivity index (χ3n) is 3.56. The molecular weight excluding hydrogens is 260 g/mol. The van der Waals surface area contributed by atoms with Crippen LogP contribution in [-0.2, 0) is 4.74 Å². The average molecular weight is 284 g/mol. The molecule has 0 aromatic carbocycles. The van der Waals surface area contributed by atoms with Crippen LogP contribution < -0.4 is 5.32 Å². The Morgan fingerprint density at radius 2 is 2.26 bits per heavy atom. The van der Waals surface area contributed by atoms with E-state index in [9.17, 15) is 5.11 Å². The quantitative estimate of drug-likeness (QED) is 0.808. The van der Waals surface area contributed by atoms with E-state index in [2.05, 4.69) is 17.2 Å². The van der Waals surface area contributed by atoms with Gasteiger partial charge in [-0.15, -0.1) is 11.3 Å². The number of ether oxygens (including phenoxy) is 1. The van der Waals surface area contributed by atoms with Gasteiger partial charge in [-0.1, -0.05) is 19.3 Å². The first kappa shape index (κ1) is 14.9. The second-order valence-corrected chi connectivity index (χ2v) is 6.17. The van der Waals surface area contributed by atoms with Crippen LogP contribution in [0.15, 0.2) is 11.6 Å². The molecule has 1 aromatic rings. The number of nitrogens with zero attached hydrogens (tertiary/aromatic N) is 1. The largest absolute Gasteiger partial charge is 0.389 e. The van der Waals surface area contributed by atoms with Gasteiger partial charge in [-0.2, -0.15) is 0 Å². The number of nitrogens with one attached hydrogen (secondary N) is 1. The summed E-state index contributed by atoms with van der Waals surface area (Å²) in [6.07, 6.45) is 7.88. The third-order valence-corrected chi connectivity index (χ3v) is 4.52. The van der Waals surface area contributed by atoms with E-state index >= 15 is 0 Å². The summed E-state index contributed by atoms with van der Waals surface area (Å²) in [5.74, 6) is 0. The van der Waals surface area contributed by atoms with Crippen molar-refractivity contribution < 1.29 is 9.84 Å². The summed E-state index contributed by atoms with van der Waals surface area (Å²) in [5, 5.41) is 16.2. The summed E-state index contributed by atoms with van der Waals surface area (Å²) >= 11 is 1.63. The van der Waals surface area contributed by atoms with Crippen LogP contribution in [0.25, 0.3) is 0 Å². The van der Waals surface area contributed by atoms with Crippen molar-refractivity contribution in [3.63, 3.8) is 0 Å². The monoisotopic (exact) mass is 284 g/mol. The molecule has 1 aliphatic rings. The first-order valence-electron chi connectivity index (χ1n) is 7.18. The SMILES string of the molecule is CC(NCC(O)COC1CCCCC1)c1nccs1. The van der Waals surface area contributed by atoms with E-state index < -0.39 is 6.10 Å². The van der Waals surface area contributed by atoms with Crippen molar-refractivity contribution in [2.45, 2.75) is 57.3 Å². The van der Waals surface area contributed by atoms with Crippen molar-refractivity contribution in [2.24, 2.45) is 0 Å². The van der Waals surface area contributed by atoms with Crippen molar-refractivity contribution in [3.8, 4) is 0 Å². The Kier molecular flexibility index (Phi) is 6.23. The first-order chi connectivity index (χ1) is 9.25. The number of hydrogen-bond acceptors (Lipinski definition) is 5. The summed E-state index contributed by atoms with van der Waals surface area (Å²) in [7, 11) is 0. The molecule has 2 rings (SSSR count). The van der Waals surface area contributed by atoms with E-state index in [1.165, 1.54) is 19.3 Å². The van der Waals surface area contributed by atoms with Crippen molar-refractivity contribution in [1.82, 2.24) is 10.3 Å². The lowest BCUT2D eigenvalue weighted by Crippen LogP contribution is -2.33. The molecule has 2 atom stereocenters. The molecule has 4 nitrogen and oxygen atoms in total. The molecule has 1 fully saturated rings. The summed E-state index contributed by atoms with van der Waals surface area (Å²) < 4.78 is 5.76. The van der Waals surface area contributed by atoms with Gasteiger partial charge >= 0.3 is 0 Å². The first-order valence-corrected chi connectivity index (χ1v) is 8.06. The van der Waals surface area contributed by atoms with Gasteiger partial charge in [0.1, 0.15) is 5.01 Å². The fraction of sp³-hybridized carbons (Fsp3) is 0.786. The minimum atomic E-state index is -0.440. The summed E-state index contributed by atoms with van der Waals surface area (Å²) in [5.41, 5.74) is 0. The fourth-order valence-electron chi connectivity index (χ4n) is 2.39. The normalized spacial score (nSPS) is 20.3. The minimum absolute atomic E-state index is 0.185. The van der Waals surface area contributed by atoms with Crippen LogP contribution in [0, 0.1) is 0 Å². The van der Waals surface area contributed by atoms with E-state index in [1.54, 1.807) is 17.5 Å². The maximum atomic E-state index is 9.92. The highest BCUT2D eigenvalue weighted by Gasteiger charge is 2.16. The predicted octanol–water partition coefficient (Wildman–Crippen LogP) is 2.50. The lowest BCUT2D eigenvalue weighted by Gasteiger charge is -2.24. The fourth-order valence-corrected chi connectivity index (χ4v) is 3.06. The number of hydrogen-bond donors (Lipinski definition) is 2. The highest BCUT2D eigenvalue weighted by atomic mass is 32.1. The smallest absolute Gasteiger partial charge is 0.109 e. The maximum Gasteiger partial charge on any atom is 0.109 e. The predicted molar refractivity (Wildman–Crippen MR) is 77.4 cm³/mol. The molecule has 108 valence electrons. The van der Waals surface area contributed by atoms with Gasteiger partial charge in [0, 0.05) is 18.1 Å². The molecule has 1 saturated carbocycles. The van der Waals surface area contributed by atoms with E-state index in [0.717, 1.165) is 17.8 Å². The molecule has 0 radical (unpaired) electrons. The van der Waals surface area contributed by atoms with Gasteiger partial charge in [0.15, 0.2) is 0 Å². The zero-order chi connectivity index (χ0) is 13.5. The Morgan fingerprint density at radius 1 is 1.47 bits per heavy atom. The van der Waals surface area contributed by atoms with E-state index in [4.69, 9.17) is 4.74 Å². The highest BCUT2D eigenvalue weighted by molar-refractivity contribution is 7.09. The van der Waals surface area contributed by atoms with Crippen LogP contribution in [0.4, 0.5) is 0 Å². The van der Waals surface area contributed by atoms with E-state index in [0.29, 0.717) is 19.3 Å². The van der Waals surface area contributed by atoms with Crippen molar-refractivity contribution in [3.05, 3.63) is 16.6 Å². The maximum absolute atomic E-state index is 9.92. The number of thiazole rings is 1. The van der Waals surface area contributed by atoms with Crippen LogP contribution in [0.5, 0.6) is 0 Å².